The molecular weight excluding hydrogens is 337 g/mol. The van der Waals surface area contributed by atoms with Gasteiger partial charge in [-0.2, -0.15) is 0 Å². The first-order chi connectivity index (χ1) is 10.1. The second kappa shape index (κ2) is 5.69. The lowest BCUT2D eigenvalue weighted by molar-refractivity contribution is 0.0469. The van der Waals surface area contributed by atoms with Gasteiger partial charge in [0.05, 0.1) is 10.0 Å². The number of aromatic nitrogens is 1. The molecule has 3 rings (SSSR count). The van der Waals surface area contributed by atoms with Gasteiger partial charge in [-0.3, -0.25) is 0 Å². The van der Waals surface area contributed by atoms with Gasteiger partial charge in [0, 0.05) is 22.7 Å². The smallest absolute Gasteiger partial charge is 0.338 e. The Morgan fingerprint density at radius 2 is 2.10 bits per heavy atom. The quantitative estimate of drug-likeness (QED) is 0.712. The molecule has 3 aromatic rings. The fourth-order valence-corrected chi connectivity index (χ4v) is 2.47. The lowest BCUT2D eigenvalue weighted by Gasteiger charge is -2.07. The summed E-state index contributed by atoms with van der Waals surface area (Å²) >= 11 is 3.10. The average Bonchev–Trinajstić information content (AvgIpc) is 2.96. The summed E-state index contributed by atoms with van der Waals surface area (Å²) in [5, 5.41) is 0.929. The number of ether oxygens (including phenoxy) is 1. The number of carbonyl (C=O) groups is 1. The van der Waals surface area contributed by atoms with Gasteiger partial charge in [-0.1, -0.05) is 12.1 Å². The Labute approximate surface area is 128 Å². The third-order valence-electron chi connectivity index (χ3n) is 3.18. The zero-order valence-electron chi connectivity index (χ0n) is 10.9. The molecule has 1 N–H and O–H groups in total. The molecule has 5 heteroatoms. The van der Waals surface area contributed by atoms with E-state index >= 15 is 0 Å². The van der Waals surface area contributed by atoms with E-state index in [0.29, 0.717) is 15.6 Å². The highest BCUT2D eigenvalue weighted by molar-refractivity contribution is 9.10. The second-order valence-electron chi connectivity index (χ2n) is 4.57. The monoisotopic (exact) mass is 347 g/mol. The molecule has 0 saturated heterocycles. The molecular formula is C16H11BrFNO2. The van der Waals surface area contributed by atoms with Crippen LogP contribution in [-0.2, 0) is 11.3 Å². The number of aromatic amines is 1. The molecule has 0 unspecified atom stereocenters. The first-order valence-corrected chi connectivity index (χ1v) is 7.11. The SMILES string of the molecule is O=C(OCc1cccc(Br)c1F)c1ccc2[nH]ccc2c1. The molecule has 2 aromatic carbocycles. The molecule has 106 valence electrons. The lowest BCUT2D eigenvalue weighted by atomic mass is 10.1. The zero-order chi connectivity index (χ0) is 14.8. The third kappa shape index (κ3) is 2.83. The molecule has 3 nitrogen and oxygen atoms in total. The molecule has 0 aliphatic carbocycles. The van der Waals surface area contributed by atoms with Crippen molar-refractivity contribution < 1.29 is 13.9 Å². The number of carbonyl (C=O) groups excluding carboxylic acids is 1. The highest BCUT2D eigenvalue weighted by Gasteiger charge is 2.11. The molecule has 0 spiro atoms. The van der Waals surface area contributed by atoms with E-state index in [1.165, 1.54) is 0 Å². The molecule has 0 atom stereocenters. The molecule has 0 radical (unpaired) electrons. The summed E-state index contributed by atoms with van der Waals surface area (Å²) in [5.74, 6) is -0.885. The van der Waals surface area contributed by atoms with Gasteiger partial charge < -0.3 is 9.72 Å². The van der Waals surface area contributed by atoms with Crippen molar-refractivity contribution in [1.82, 2.24) is 4.98 Å². The van der Waals surface area contributed by atoms with Crippen LogP contribution < -0.4 is 0 Å². The lowest BCUT2D eigenvalue weighted by Crippen LogP contribution is -2.06. The first kappa shape index (κ1) is 13.8. The van der Waals surface area contributed by atoms with Gasteiger partial charge in [-0.15, -0.1) is 0 Å². The Bertz CT molecular complexity index is 813. The number of halogens is 2. The molecule has 0 fully saturated rings. The number of fused-ring (bicyclic) bond motifs is 1. The highest BCUT2D eigenvalue weighted by atomic mass is 79.9. The summed E-state index contributed by atoms with van der Waals surface area (Å²) < 4.78 is 19.3. The molecule has 0 bridgehead atoms. The van der Waals surface area contributed by atoms with E-state index in [1.807, 2.05) is 12.1 Å². The van der Waals surface area contributed by atoms with Crippen LogP contribution >= 0.6 is 15.9 Å². The summed E-state index contributed by atoms with van der Waals surface area (Å²) in [6.07, 6.45) is 1.80. The van der Waals surface area contributed by atoms with Gasteiger partial charge in [0.2, 0.25) is 0 Å². The van der Waals surface area contributed by atoms with Crippen LogP contribution in [0.2, 0.25) is 0 Å². The Morgan fingerprint density at radius 1 is 1.24 bits per heavy atom. The van der Waals surface area contributed by atoms with Crippen molar-refractivity contribution in [3.63, 3.8) is 0 Å². The summed E-state index contributed by atoms with van der Waals surface area (Å²) in [4.78, 5) is 15.1. The number of nitrogens with one attached hydrogen (secondary N) is 1. The fourth-order valence-electron chi connectivity index (χ4n) is 2.07. The van der Waals surface area contributed by atoms with Gasteiger partial charge in [0.1, 0.15) is 12.4 Å². The van der Waals surface area contributed by atoms with Gasteiger partial charge in [0.25, 0.3) is 0 Å². The number of esters is 1. The standard InChI is InChI=1S/C16H11BrFNO2/c17-13-3-1-2-12(15(13)18)9-21-16(20)11-4-5-14-10(8-11)6-7-19-14/h1-8,19H,9H2. The summed E-state index contributed by atoms with van der Waals surface area (Å²) in [7, 11) is 0. The van der Waals surface area contributed by atoms with Crippen LogP contribution in [-0.4, -0.2) is 11.0 Å². The number of hydrogen-bond acceptors (Lipinski definition) is 2. The summed E-state index contributed by atoms with van der Waals surface area (Å²) in [6.45, 7) is -0.102. The van der Waals surface area contributed by atoms with E-state index in [0.717, 1.165) is 10.9 Å². The van der Waals surface area contributed by atoms with Crippen LogP contribution in [0.15, 0.2) is 53.1 Å². The van der Waals surface area contributed by atoms with Crippen LogP contribution in [0.5, 0.6) is 0 Å². The molecule has 1 heterocycles. The van der Waals surface area contributed by atoms with Gasteiger partial charge in [0.15, 0.2) is 0 Å². The first-order valence-electron chi connectivity index (χ1n) is 6.32. The van der Waals surface area contributed by atoms with Gasteiger partial charge >= 0.3 is 5.97 Å². The summed E-state index contributed by atoms with van der Waals surface area (Å²) in [5.41, 5.74) is 1.72. The Balaban J connectivity index is 1.75. The van der Waals surface area contributed by atoms with E-state index in [4.69, 9.17) is 4.74 Å². The molecule has 0 aliphatic rings. The van der Waals surface area contributed by atoms with Crippen molar-refractivity contribution in [3.05, 3.63) is 70.1 Å². The molecule has 1 aromatic heterocycles. The van der Waals surface area contributed by atoms with E-state index in [1.54, 1.807) is 36.5 Å². The van der Waals surface area contributed by atoms with Crippen LogP contribution in [0.1, 0.15) is 15.9 Å². The number of H-pyrrole nitrogens is 1. The van der Waals surface area contributed by atoms with Crippen molar-refractivity contribution in [2.45, 2.75) is 6.61 Å². The van der Waals surface area contributed by atoms with Crippen molar-refractivity contribution in [3.8, 4) is 0 Å². The Hall–Kier alpha value is -2.14. The molecule has 0 amide bonds. The van der Waals surface area contributed by atoms with Crippen LogP contribution in [0.4, 0.5) is 4.39 Å². The zero-order valence-corrected chi connectivity index (χ0v) is 12.5. The number of rotatable bonds is 3. The minimum absolute atomic E-state index is 0.102. The number of benzene rings is 2. The molecule has 0 aliphatic heterocycles. The second-order valence-corrected chi connectivity index (χ2v) is 5.42. The van der Waals surface area contributed by atoms with E-state index in [2.05, 4.69) is 20.9 Å². The van der Waals surface area contributed by atoms with E-state index < -0.39 is 11.8 Å². The average molecular weight is 348 g/mol. The predicted molar refractivity (Wildman–Crippen MR) is 81.5 cm³/mol. The highest BCUT2D eigenvalue weighted by Crippen LogP contribution is 2.20. The van der Waals surface area contributed by atoms with Crippen LogP contribution in [0.3, 0.4) is 0 Å². The predicted octanol–water partition coefficient (Wildman–Crippen LogP) is 4.43. The van der Waals surface area contributed by atoms with Gasteiger partial charge in [-0.05, 0) is 46.3 Å². The topological polar surface area (TPSA) is 42.1 Å². The molecule has 21 heavy (non-hydrogen) atoms. The maximum Gasteiger partial charge on any atom is 0.338 e. The van der Waals surface area contributed by atoms with Crippen molar-refractivity contribution in [1.29, 1.82) is 0 Å². The van der Waals surface area contributed by atoms with Crippen LogP contribution in [0, 0.1) is 5.82 Å². The normalized spacial score (nSPS) is 10.8. The molecule has 0 saturated carbocycles. The summed E-state index contributed by atoms with van der Waals surface area (Å²) in [6, 6.07) is 12.0. The largest absolute Gasteiger partial charge is 0.457 e. The number of hydrogen-bond donors (Lipinski definition) is 1. The maximum atomic E-state index is 13.8. The third-order valence-corrected chi connectivity index (χ3v) is 3.79. The minimum atomic E-state index is -0.475. The minimum Gasteiger partial charge on any atom is -0.457 e. The Morgan fingerprint density at radius 3 is 2.95 bits per heavy atom. The van der Waals surface area contributed by atoms with Crippen molar-refractivity contribution in [2.75, 3.05) is 0 Å². The Kier molecular flexibility index (Phi) is 3.75. The van der Waals surface area contributed by atoms with Crippen LogP contribution in [0.25, 0.3) is 10.9 Å². The van der Waals surface area contributed by atoms with Crippen molar-refractivity contribution >= 4 is 32.8 Å². The maximum absolute atomic E-state index is 13.8. The van der Waals surface area contributed by atoms with E-state index in [9.17, 15) is 9.18 Å². The van der Waals surface area contributed by atoms with Gasteiger partial charge in [-0.25, -0.2) is 9.18 Å². The fraction of sp³-hybridized carbons (Fsp3) is 0.0625. The van der Waals surface area contributed by atoms with Crippen molar-refractivity contribution in [2.24, 2.45) is 0 Å². The van der Waals surface area contributed by atoms with E-state index in [-0.39, 0.29) is 6.61 Å².